The topological polar surface area (TPSA) is 42.7 Å². The third kappa shape index (κ3) is 3.60. The molecule has 0 aliphatic heterocycles. The molecule has 1 aliphatic rings. The third-order valence-electron chi connectivity index (χ3n) is 2.94. The summed E-state index contributed by atoms with van der Waals surface area (Å²) in [5.41, 5.74) is 0. The van der Waals surface area contributed by atoms with Crippen molar-refractivity contribution in [3.05, 3.63) is 17.9 Å². The van der Waals surface area contributed by atoms with E-state index in [1.165, 1.54) is 19.8 Å². The molecule has 0 unspecified atom stereocenters. The second-order valence-corrected chi connectivity index (χ2v) is 4.63. The van der Waals surface area contributed by atoms with Gasteiger partial charge < -0.3 is 14.1 Å². The van der Waals surface area contributed by atoms with Crippen LogP contribution in [0.1, 0.15) is 30.3 Å². The van der Waals surface area contributed by atoms with Crippen LogP contribution in [-0.4, -0.2) is 32.6 Å². The molecule has 1 aromatic heterocycles. The Bertz CT molecular complexity index is 382. The van der Waals surface area contributed by atoms with E-state index in [1.54, 1.807) is 6.07 Å². The lowest BCUT2D eigenvalue weighted by molar-refractivity contribution is 0.0987. The highest BCUT2D eigenvalue weighted by molar-refractivity contribution is 5.91. The quantitative estimate of drug-likeness (QED) is 0.539. The molecule has 1 heterocycles. The number of hydrogen-bond donors (Lipinski definition) is 0. The first-order valence-electron chi connectivity index (χ1n) is 6.06. The van der Waals surface area contributed by atoms with Crippen LogP contribution >= 0.6 is 0 Å². The van der Waals surface area contributed by atoms with E-state index in [2.05, 4.69) is 0 Å². The molecule has 0 amide bonds. The summed E-state index contributed by atoms with van der Waals surface area (Å²) in [6, 6.07) is 3.52. The standard InChI is InChI=1S/C13H19NO3/c1-10(15)12-5-6-13(17-12)14(2)7-8-16-9-11-3-4-11/h5-6,11H,3-4,7-9H2,1-2H3. The molecule has 0 N–H and O–H groups in total. The first-order valence-corrected chi connectivity index (χ1v) is 6.06. The molecule has 1 aromatic rings. The molecule has 0 atom stereocenters. The van der Waals surface area contributed by atoms with E-state index in [1.807, 2.05) is 18.0 Å². The lowest BCUT2D eigenvalue weighted by Gasteiger charge is -2.15. The van der Waals surface area contributed by atoms with Gasteiger partial charge in [-0.25, -0.2) is 0 Å². The Morgan fingerprint density at radius 2 is 2.29 bits per heavy atom. The van der Waals surface area contributed by atoms with E-state index in [-0.39, 0.29) is 5.78 Å². The molecule has 1 fully saturated rings. The fourth-order valence-electron chi connectivity index (χ4n) is 1.57. The summed E-state index contributed by atoms with van der Waals surface area (Å²) in [6.45, 7) is 3.85. The molecule has 94 valence electrons. The number of carbonyl (C=O) groups excluding carboxylic acids is 1. The predicted molar refractivity (Wildman–Crippen MR) is 65.5 cm³/mol. The van der Waals surface area contributed by atoms with E-state index >= 15 is 0 Å². The fraction of sp³-hybridized carbons (Fsp3) is 0.615. The number of anilines is 1. The third-order valence-corrected chi connectivity index (χ3v) is 2.94. The molecular weight excluding hydrogens is 218 g/mol. The molecule has 0 saturated heterocycles. The van der Waals surface area contributed by atoms with Crippen LogP contribution < -0.4 is 4.90 Å². The van der Waals surface area contributed by atoms with Crippen molar-refractivity contribution in [3.8, 4) is 0 Å². The van der Waals surface area contributed by atoms with E-state index in [4.69, 9.17) is 9.15 Å². The van der Waals surface area contributed by atoms with Crippen LogP contribution in [0, 0.1) is 5.92 Å². The van der Waals surface area contributed by atoms with E-state index in [9.17, 15) is 4.79 Å². The van der Waals surface area contributed by atoms with Gasteiger partial charge >= 0.3 is 0 Å². The van der Waals surface area contributed by atoms with E-state index in [0.29, 0.717) is 18.3 Å². The molecule has 1 saturated carbocycles. The lowest BCUT2D eigenvalue weighted by atomic mass is 10.3. The highest BCUT2D eigenvalue weighted by atomic mass is 16.5. The minimum absolute atomic E-state index is 0.0466. The number of hydrogen-bond acceptors (Lipinski definition) is 4. The summed E-state index contributed by atoms with van der Waals surface area (Å²) in [7, 11) is 1.93. The van der Waals surface area contributed by atoms with Gasteiger partial charge in [-0.15, -0.1) is 0 Å². The zero-order valence-electron chi connectivity index (χ0n) is 10.4. The summed E-state index contributed by atoms with van der Waals surface area (Å²) in [4.78, 5) is 13.0. The normalized spacial score (nSPS) is 14.9. The van der Waals surface area contributed by atoms with Gasteiger partial charge in [-0.1, -0.05) is 0 Å². The van der Waals surface area contributed by atoms with Crippen molar-refractivity contribution in [1.82, 2.24) is 0 Å². The number of nitrogens with zero attached hydrogens (tertiary/aromatic N) is 1. The predicted octanol–water partition coefficient (Wildman–Crippen LogP) is 2.35. The summed E-state index contributed by atoms with van der Waals surface area (Å²) in [5, 5.41) is 0. The SMILES string of the molecule is CC(=O)c1ccc(N(C)CCOCC2CC2)o1. The monoisotopic (exact) mass is 237 g/mol. The lowest BCUT2D eigenvalue weighted by Crippen LogP contribution is -2.22. The Hall–Kier alpha value is -1.29. The maximum atomic E-state index is 11.1. The zero-order valence-corrected chi connectivity index (χ0v) is 10.4. The molecule has 17 heavy (non-hydrogen) atoms. The Balaban J connectivity index is 1.73. The summed E-state index contributed by atoms with van der Waals surface area (Å²) in [6.07, 6.45) is 2.63. The van der Waals surface area contributed by atoms with E-state index in [0.717, 1.165) is 19.1 Å². The van der Waals surface area contributed by atoms with Crippen molar-refractivity contribution in [1.29, 1.82) is 0 Å². The smallest absolute Gasteiger partial charge is 0.196 e. The van der Waals surface area contributed by atoms with Crippen LogP contribution in [0.2, 0.25) is 0 Å². The molecule has 2 rings (SSSR count). The van der Waals surface area contributed by atoms with Gasteiger partial charge in [0.1, 0.15) is 0 Å². The van der Waals surface area contributed by atoms with Gasteiger partial charge in [-0.2, -0.15) is 0 Å². The number of ether oxygens (including phenoxy) is 1. The van der Waals surface area contributed by atoms with Gasteiger partial charge in [-0.05, 0) is 24.8 Å². The summed E-state index contributed by atoms with van der Waals surface area (Å²) >= 11 is 0. The molecule has 1 aliphatic carbocycles. The number of carbonyl (C=O) groups is 1. The highest BCUT2D eigenvalue weighted by Crippen LogP contribution is 2.28. The Morgan fingerprint density at radius 1 is 1.53 bits per heavy atom. The maximum absolute atomic E-state index is 11.1. The molecule has 0 aromatic carbocycles. The second-order valence-electron chi connectivity index (χ2n) is 4.63. The van der Waals surface area contributed by atoms with Gasteiger partial charge in [0, 0.05) is 33.2 Å². The minimum atomic E-state index is -0.0466. The van der Waals surface area contributed by atoms with Gasteiger partial charge in [0.05, 0.1) is 6.61 Å². The largest absolute Gasteiger partial charge is 0.437 e. The van der Waals surface area contributed by atoms with Gasteiger partial charge in [-0.3, -0.25) is 4.79 Å². The number of Topliss-reactive ketones (excluding diaryl/α,β-unsaturated/α-hetero) is 1. The number of rotatable bonds is 7. The highest BCUT2D eigenvalue weighted by Gasteiger charge is 2.21. The van der Waals surface area contributed by atoms with Crippen molar-refractivity contribution in [2.75, 3.05) is 31.7 Å². The number of likely N-dealkylation sites (N-methyl/N-ethyl adjacent to an activating group) is 1. The van der Waals surface area contributed by atoms with Crippen LogP contribution in [0.3, 0.4) is 0 Å². The number of ketones is 1. The molecule has 4 nitrogen and oxygen atoms in total. The molecule has 0 bridgehead atoms. The summed E-state index contributed by atoms with van der Waals surface area (Å²) in [5.74, 6) is 1.87. The average molecular weight is 237 g/mol. The Morgan fingerprint density at radius 3 is 2.88 bits per heavy atom. The van der Waals surface area contributed by atoms with Crippen molar-refractivity contribution in [3.63, 3.8) is 0 Å². The van der Waals surface area contributed by atoms with Crippen LogP contribution in [0.5, 0.6) is 0 Å². The molecule has 4 heteroatoms. The molecule has 0 radical (unpaired) electrons. The van der Waals surface area contributed by atoms with Gasteiger partial charge in [0.25, 0.3) is 0 Å². The Kier molecular flexibility index (Phi) is 3.84. The maximum Gasteiger partial charge on any atom is 0.196 e. The fourth-order valence-corrected chi connectivity index (χ4v) is 1.57. The van der Waals surface area contributed by atoms with Crippen LogP contribution in [-0.2, 0) is 4.74 Å². The number of furan rings is 1. The molecule has 0 spiro atoms. The Labute approximate surface area is 102 Å². The zero-order chi connectivity index (χ0) is 12.3. The summed E-state index contributed by atoms with van der Waals surface area (Å²) < 4.78 is 11.0. The van der Waals surface area contributed by atoms with Crippen molar-refractivity contribution < 1.29 is 13.9 Å². The van der Waals surface area contributed by atoms with Crippen LogP contribution in [0.15, 0.2) is 16.5 Å². The van der Waals surface area contributed by atoms with Gasteiger partial charge in [0.15, 0.2) is 17.4 Å². The van der Waals surface area contributed by atoms with Crippen molar-refractivity contribution in [2.45, 2.75) is 19.8 Å². The second kappa shape index (κ2) is 5.36. The van der Waals surface area contributed by atoms with Crippen LogP contribution in [0.25, 0.3) is 0 Å². The van der Waals surface area contributed by atoms with E-state index < -0.39 is 0 Å². The van der Waals surface area contributed by atoms with Crippen LogP contribution in [0.4, 0.5) is 5.88 Å². The minimum Gasteiger partial charge on any atom is -0.437 e. The first-order chi connectivity index (χ1) is 8.16. The first kappa shape index (κ1) is 12.2. The van der Waals surface area contributed by atoms with Gasteiger partial charge in [0.2, 0.25) is 0 Å². The van der Waals surface area contributed by atoms with Crippen molar-refractivity contribution >= 4 is 11.7 Å². The molecular formula is C13H19NO3. The average Bonchev–Trinajstić information content (AvgIpc) is 2.97. The van der Waals surface area contributed by atoms with Crippen molar-refractivity contribution in [2.24, 2.45) is 5.92 Å².